The summed E-state index contributed by atoms with van der Waals surface area (Å²) >= 11 is 0.984. The maximum absolute atomic E-state index is 12.2. The van der Waals surface area contributed by atoms with E-state index in [1.165, 1.54) is 0 Å². The molecule has 4 nitrogen and oxygen atoms in total. The lowest BCUT2D eigenvalue weighted by atomic mass is 9.92. The van der Waals surface area contributed by atoms with Crippen LogP contribution in [0.5, 0.6) is 0 Å². The lowest BCUT2D eigenvalue weighted by Crippen LogP contribution is -2.48. The Kier molecular flexibility index (Phi) is 5.69. The molecule has 0 heterocycles. The summed E-state index contributed by atoms with van der Waals surface area (Å²) in [5, 5.41) is 11.3. The molecule has 1 aliphatic carbocycles. The molecular formula is C15H16F3NO3S. The number of hydrogen-bond donors (Lipinski definition) is 2. The summed E-state index contributed by atoms with van der Waals surface area (Å²) in [5.74, 6) is -2.00. The minimum atomic E-state index is -4.93. The second kappa shape index (κ2) is 7.35. The molecule has 0 aliphatic heterocycles. The monoisotopic (exact) mass is 347 g/mol. The van der Waals surface area contributed by atoms with Gasteiger partial charge < -0.3 is 10.4 Å². The number of rotatable bonds is 3. The largest absolute Gasteiger partial charge is 0.471 e. The van der Waals surface area contributed by atoms with Crippen molar-refractivity contribution in [3.05, 3.63) is 35.9 Å². The molecule has 1 aliphatic rings. The minimum Gasteiger partial charge on any atom is -0.392 e. The average molecular weight is 347 g/mol. The van der Waals surface area contributed by atoms with Gasteiger partial charge in [0.1, 0.15) is 0 Å². The zero-order valence-electron chi connectivity index (χ0n) is 12.0. The molecule has 0 saturated heterocycles. The first-order chi connectivity index (χ1) is 10.8. The molecule has 1 amide bonds. The lowest BCUT2D eigenvalue weighted by Gasteiger charge is -2.32. The third-order valence-corrected chi connectivity index (χ3v) is 4.92. The summed E-state index contributed by atoms with van der Waals surface area (Å²) in [7, 11) is 0. The Bertz CT molecular complexity index is 565. The third kappa shape index (κ3) is 4.97. The number of amides is 1. The summed E-state index contributed by atoms with van der Waals surface area (Å²) in [6.45, 7) is 0. The van der Waals surface area contributed by atoms with Crippen molar-refractivity contribution in [2.24, 2.45) is 0 Å². The molecule has 1 fully saturated rings. The smallest absolute Gasteiger partial charge is 0.392 e. The molecule has 2 rings (SSSR count). The zero-order chi connectivity index (χ0) is 17.0. The second-order valence-electron chi connectivity index (χ2n) is 5.36. The van der Waals surface area contributed by atoms with Crippen molar-refractivity contribution in [2.75, 3.05) is 0 Å². The molecule has 0 spiro atoms. The highest BCUT2D eigenvalue weighted by atomic mass is 32.2. The molecule has 1 aromatic carbocycles. The Balaban J connectivity index is 1.87. The maximum Gasteiger partial charge on any atom is 0.471 e. The van der Waals surface area contributed by atoms with Gasteiger partial charge in [-0.25, -0.2) is 0 Å². The van der Waals surface area contributed by atoms with Crippen LogP contribution in [0.4, 0.5) is 13.2 Å². The van der Waals surface area contributed by atoms with Gasteiger partial charge in [-0.05, 0) is 19.3 Å². The van der Waals surface area contributed by atoms with Gasteiger partial charge in [0.25, 0.3) is 0 Å². The molecule has 1 saturated carbocycles. The van der Waals surface area contributed by atoms with E-state index in [0.717, 1.165) is 11.8 Å². The molecule has 3 atom stereocenters. The standard InChI is InChI=1S/C15H16F3NO3S/c16-15(17,18)14(22)19-10-6-7-12(11(20)8-10)23-13(21)9-4-2-1-3-5-9/h1-5,10-12,20H,6-8H2,(H,19,22). The van der Waals surface area contributed by atoms with E-state index in [9.17, 15) is 27.9 Å². The van der Waals surface area contributed by atoms with E-state index >= 15 is 0 Å². The number of benzene rings is 1. The number of aliphatic hydroxyl groups is 1. The number of nitrogens with one attached hydrogen (secondary N) is 1. The van der Waals surface area contributed by atoms with Crippen LogP contribution >= 0.6 is 11.8 Å². The van der Waals surface area contributed by atoms with Gasteiger partial charge >= 0.3 is 12.1 Å². The summed E-state index contributed by atoms with van der Waals surface area (Å²) in [6.07, 6.45) is -5.23. The number of thioether (sulfide) groups is 1. The Morgan fingerprint density at radius 1 is 1.17 bits per heavy atom. The van der Waals surface area contributed by atoms with Crippen molar-refractivity contribution in [3.63, 3.8) is 0 Å². The number of carbonyl (C=O) groups is 2. The van der Waals surface area contributed by atoms with Crippen LogP contribution in [0.3, 0.4) is 0 Å². The molecule has 8 heteroatoms. The maximum atomic E-state index is 12.2. The van der Waals surface area contributed by atoms with Gasteiger partial charge in [0.05, 0.1) is 6.10 Å². The van der Waals surface area contributed by atoms with Crippen molar-refractivity contribution >= 4 is 22.8 Å². The van der Waals surface area contributed by atoms with Crippen molar-refractivity contribution in [1.82, 2.24) is 5.32 Å². The highest BCUT2D eigenvalue weighted by Gasteiger charge is 2.41. The van der Waals surface area contributed by atoms with E-state index in [2.05, 4.69) is 0 Å². The molecule has 3 unspecified atom stereocenters. The molecule has 0 bridgehead atoms. The molecule has 1 aromatic rings. The third-order valence-electron chi connectivity index (χ3n) is 3.62. The molecular weight excluding hydrogens is 331 g/mol. The number of aliphatic hydroxyl groups excluding tert-OH is 1. The number of alkyl halides is 3. The van der Waals surface area contributed by atoms with Crippen LogP contribution in [0.25, 0.3) is 0 Å². The van der Waals surface area contributed by atoms with Crippen molar-refractivity contribution in [3.8, 4) is 0 Å². The first kappa shape index (κ1) is 17.8. The van der Waals surface area contributed by atoms with E-state index in [1.807, 2.05) is 5.32 Å². The normalized spacial score (nSPS) is 25.0. The van der Waals surface area contributed by atoms with E-state index in [0.29, 0.717) is 18.4 Å². The molecule has 0 radical (unpaired) electrons. The first-order valence-corrected chi connectivity index (χ1v) is 7.97. The fraction of sp³-hybridized carbons (Fsp3) is 0.467. The SMILES string of the molecule is O=C(SC1CCC(NC(=O)C(F)(F)F)CC1O)c1ccccc1. The van der Waals surface area contributed by atoms with E-state index < -0.39 is 24.2 Å². The second-order valence-corrected chi connectivity index (χ2v) is 6.57. The minimum absolute atomic E-state index is 0.00154. The Morgan fingerprint density at radius 2 is 1.83 bits per heavy atom. The fourth-order valence-electron chi connectivity index (χ4n) is 2.43. The van der Waals surface area contributed by atoms with Crippen LogP contribution in [-0.2, 0) is 4.79 Å². The van der Waals surface area contributed by atoms with Crippen molar-refractivity contribution in [1.29, 1.82) is 0 Å². The quantitative estimate of drug-likeness (QED) is 0.882. The van der Waals surface area contributed by atoms with E-state index in [4.69, 9.17) is 0 Å². The van der Waals surface area contributed by atoms with Crippen LogP contribution in [0.2, 0.25) is 0 Å². The number of carbonyl (C=O) groups excluding carboxylic acids is 2. The number of halogens is 3. The molecule has 0 aromatic heterocycles. The number of hydrogen-bond acceptors (Lipinski definition) is 4. The first-order valence-electron chi connectivity index (χ1n) is 7.09. The van der Waals surface area contributed by atoms with Crippen LogP contribution in [0.15, 0.2) is 30.3 Å². The highest BCUT2D eigenvalue weighted by molar-refractivity contribution is 8.14. The molecule has 23 heavy (non-hydrogen) atoms. The highest BCUT2D eigenvalue weighted by Crippen LogP contribution is 2.31. The van der Waals surface area contributed by atoms with Crippen molar-refractivity contribution in [2.45, 2.75) is 42.8 Å². The zero-order valence-corrected chi connectivity index (χ0v) is 12.9. The van der Waals surface area contributed by atoms with Crippen LogP contribution in [-0.4, -0.2) is 39.7 Å². The average Bonchev–Trinajstić information content (AvgIpc) is 2.50. The van der Waals surface area contributed by atoms with Gasteiger partial charge in [0.2, 0.25) is 5.12 Å². The summed E-state index contributed by atoms with van der Waals surface area (Å²) in [5.41, 5.74) is 0.511. The summed E-state index contributed by atoms with van der Waals surface area (Å²) in [4.78, 5) is 23.0. The predicted octanol–water partition coefficient (Wildman–Crippen LogP) is 2.52. The van der Waals surface area contributed by atoms with Gasteiger partial charge in [-0.3, -0.25) is 9.59 Å². The van der Waals surface area contributed by atoms with E-state index in [-0.39, 0.29) is 16.8 Å². The van der Waals surface area contributed by atoms with Gasteiger partial charge in [0.15, 0.2) is 0 Å². The van der Waals surface area contributed by atoms with Gasteiger partial charge in [-0.1, -0.05) is 42.1 Å². The fourth-order valence-corrected chi connectivity index (χ4v) is 3.50. The summed E-state index contributed by atoms with van der Waals surface area (Å²) < 4.78 is 36.6. The van der Waals surface area contributed by atoms with E-state index in [1.54, 1.807) is 30.3 Å². The predicted molar refractivity (Wildman–Crippen MR) is 80.0 cm³/mol. The topological polar surface area (TPSA) is 66.4 Å². The Morgan fingerprint density at radius 3 is 2.39 bits per heavy atom. The van der Waals surface area contributed by atoms with Gasteiger partial charge in [-0.15, -0.1) is 0 Å². The Labute approximate surface area is 135 Å². The van der Waals surface area contributed by atoms with Crippen molar-refractivity contribution < 1.29 is 27.9 Å². The van der Waals surface area contributed by atoms with Crippen LogP contribution < -0.4 is 5.32 Å². The summed E-state index contributed by atoms with van der Waals surface area (Å²) in [6, 6.07) is 7.84. The molecule has 2 N–H and O–H groups in total. The molecule has 126 valence electrons. The van der Waals surface area contributed by atoms with Gasteiger partial charge in [-0.2, -0.15) is 13.2 Å². The lowest BCUT2D eigenvalue weighted by molar-refractivity contribution is -0.174. The Hall–Kier alpha value is -1.54. The van der Waals surface area contributed by atoms with Crippen LogP contribution in [0.1, 0.15) is 29.6 Å². The van der Waals surface area contributed by atoms with Crippen LogP contribution in [0, 0.1) is 0 Å². The van der Waals surface area contributed by atoms with Gasteiger partial charge in [0, 0.05) is 16.9 Å².